The van der Waals surface area contributed by atoms with Crippen molar-refractivity contribution in [1.82, 2.24) is 14.6 Å². The first kappa shape index (κ1) is 13.7. The summed E-state index contributed by atoms with van der Waals surface area (Å²) in [6.07, 6.45) is 1.60. The first-order valence-electron chi connectivity index (χ1n) is 5.81. The third-order valence-corrected chi connectivity index (χ3v) is 3.76. The van der Waals surface area contributed by atoms with Gasteiger partial charge in [0, 0.05) is 17.3 Å². The number of nitrogens with two attached hydrogens (primary N) is 1. The van der Waals surface area contributed by atoms with E-state index < -0.39 is 5.97 Å². The van der Waals surface area contributed by atoms with Gasteiger partial charge in [0.25, 0.3) is 0 Å². The number of benzene rings is 1. The molecule has 0 saturated carbocycles. The van der Waals surface area contributed by atoms with Crippen molar-refractivity contribution in [2.45, 2.75) is 0 Å². The number of carboxylic acid groups (broad SMARTS) is 1. The van der Waals surface area contributed by atoms with Crippen molar-refractivity contribution in [3.63, 3.8) is 0 Å². The summed E-state index contributed by atoms with van der Waals surface area (Å²) in [5.74, 6) is -1.14. The monoisotopic (exact) mass is 322 g/mol. The lowest BCUT2D eigenvalue weighted by atomic mass is 10.1. The van der Waals surface area contributed by atoms with Gasteiger partial charge in [-0.05, 0) is 12.1 Å². The van der Waals surface area contributed by atoms with E-state index in [-0.39, 0.29) is 17.2 Å². The van der Waals surface area contributed by atoms with E-state index >= 15 is 0 Å². The number of fused-ring (bicyclic) bond motifs is 1. The van der Waals surface area contributed by atoms with Crippen molar-refractivity contribution in [1.29, 1.82) is 0 Å². The van der Waals surface area contributed by atoms with E-state index in [0.717, 1.165) is 0 Å². The number of nitrogen functional groups attached to an aromatic ring is 1. The number of anilines is 1. The van der Waals surface area contributed by atoms with Gasteiger partial charge < -0.3 is 10.8 Å². The zero-order valence-corrected chi connectivity index (χ0v) is 11.9. The smallest absolute Gasteiger partial charge is 0.339 e. The minimum atomic E-state index is -1.13. The third-order valence-electron chi connectivity index (χ3n) is 2.94. The summed E-state index contributed by atoms with van der Waals surface area (Å²) in [6.45, 7) is 0. The molecule has 0 saturated heterocycles. The van der Waals surface area contributed by atoms with E-state index in [1.807, 2.05) is 0 Å². The fourth-order valence-corrected chi connectivity index (χ4v) is 2.44. The minimum absolute atomic E-state index is 0.00755. The van der Waals surface area contributed by atoms with Crippen LogP contribution in [0.15, 0.2) is 30.5 Å². The second kappa shape index (κ2) is 4.91. The molecule has 3 N–H and O–H groups in total. The Morgan fingerprint density at radius 3 is 2.81 bits per heavy atom. The molecule has 3 rings (SSSR count). The molecule has 6 nitrogen and oxygen atoms in total. The normalized spacial score (nSPS) is 11.0. The molecule has 0 unspecified atom stereocenters. The highest BCUT2D eigenvalue weighted by molar-refractivity contribution is 6.43. The molecule has 0 aliphatic carbocycles. The third kappa shape index (κ3) is 2.28. The second-order valence-corrected chi connectivity index (χ2v) is 5.07. The number of pyridine rings is 1. The van der Waals surface area contributed by atoms with Crippen LogP contribution in [0.1, 0.15) is 10.4 Å². The van der Waals surface area contributed by atoms with E-state index in [1.54, 1.807) is 24.4 Å². The first-order valence-corrected chi connectivity index (χ1v) is 6.56. The van der Waals surface area contributed by atoms with Gasteiger partial charge >= 0.3 is 5.97 Å². The number of halogens is 2. The van der Waals surface area contributed by atoms with Crippen LogP contribution in [-0.2, 0) is 0 Å². The maximum Gasteiger partial charge on any atom is 0.339 e. The molecule has 0 bridgehead atoms. The highest BCUT2D eigenvalue weighted by Gasteiger charge is 2.16. The molecule has 0 amide bonds. The summed E-state index contributed by atoms with van der Waals surface area (Å²) in [5, 5.41) is 14.0. The summed E-state index contributed by atoms with van der Waals surface area (Å²) >= 11 is 12.2. The molecule has 0 radical (unpaired) electrons. The summed E-state index contributed by atoms with van der Waals surface area (Å²) < 4.78 is 1.31. The Labute approximate surface area is 128 Å². The van der Waals surface area contributed by atoms with Crippen LogP contribution in [0.4, 0.5) is 5.95 Å². The maximum atomic E-state index is 11.4. The van der Waals surface area contributed by atoms with Gasteiger partial charge in [0.15, 0.2) is 5.65 Å². The average molecular weight is 323 g/mol. The fraction of sp³-hybridized carbons (Fsp3) is 0. The predicted molar refractivity (Wildman–Crippen MR) is 79.8 cm³/mol. The Morgan fingerprint density at radius 2 is 2.10 bits per heavy atom. The van der Waals surface area contributed by atoms with Crippen molar-refractivity contribution in [3.05, 3.63) is 46.1 Å². The van der Waals surface area contributed by atoms with Crippen LogP contribution >= 0.6 is 23.2 Å². The minimum Gasteiger partial charge on any atom is -0.478 e. The zero-order valence-electron chi connectivity index (χ0n) is 10.4. The largest absolute Gasteiger partial charge is 0.478 e. The molecule has 0 aliphatic heterocycles. The number of rotatable bonds is 2. The Balaban J connectivity index is 2.33. The van der Waals surface area contributed by atoms with Gasteiger partial charge in [0.05, 0.1) is 10.0 Å². The van der Waals surface area contributed by atoms with Gasteiger partial charge in [-0.2, -0.15) is 4.98 Å². The summed E-state index contributed by atoms with van der Waals surface area (Å²) in [6, 6.07) is 6.58. The molecule has 21 heavy (non-hydrogen) atoms. The van der Waals surface area contributed by atoms with Crippen LogP contribution in [0.25, 0.3) is 16.8 Å². The molecule has 1 aromatic carbocycles. The summed E-state index contributed by atoms with van der Waals surface area (Å²) in [7, 11) is 0. The molecular formula is C13H8Cl2N4O2. The van der Waals surface area contributed by atoms with E-state index in [4.69, 9.17) is 28.9 Å². The van der Waals surface area contributed by atoms with Gasteiger partial charge in [-0.1, -0.05) is 35.3 Å². The fourth-order valence-electron chi connectivity index (χ4n) is 2.03. The summed E-state index contributed by atoms with van der Waals surface area (Å²) in [4.78, 5) is 15.3. The van der Waals surface area contributed by atoms with Gasteiger partial charge in [0.1, 0.15) is 5.56 Å². The van der Waals surface area contributed by atoms with E-state index in [9.17, 15) is 9.90 Å². The SMILES string of the molecule is Nc1nc2c(C(=O)O)cc(-c3cccc(Cl)c3Cl)cn2n1. The van der Waals surface area contributed by atoms with Crippen molar-refractivity contribution >= 4 is 40.8 Å². The van der Waals surface area contributed by atoms with Crippen LogP contribution < -0.4 is 5.73 Å². The highest BCUT2D eigenvalue weighted by atomic mass is 35.5. The highest BCUT2D eigenvalue weighted by Crippen LogP contribution is 2.34. The molecule has 2 heterocycles. The predicted octanol–water partition coefficient (Wildman–Crippen LogP) is 2.98. The lowest BCUT2D eigenvalue weighted by Gasteiger charge is -2.08. The molecule has 0 atom stereocenters. The molecule has 0 spiro atoms. The summed E-state index contributed by atoms with van der Waals surface area (Å²) in [5.41, 5.74) is 6.82. The molecular weight excluding hydrogens is 315 g/mol. The Bertz CT molecular complexity index is 876. The topological polar surface area (TPSA) is 93.5 Å². The number of carboxylic acids is 1. The molecule has 3 aromatic rings. The number of hydrogen-bond donors (Lipinski definition) is 2. The molecule has 2 aromatic heterocycles. The van der Waals surface area contributed by atoms with Gasteiger partial charge in [-0.3, -0.25) is 0 Å². The Kier molecular flexibility index (Phi) is 3.19. The molecule has 8 heteroatoms. The zero-order chi connectivity index (χ0) is 15.1. The quantitative estimate of drug-likeness (QED) is 0.756. The van der Waals surface area contributed by atoms with Crippen LogP contribution in [0.3, 0.4) is 0 Å². The van der Waals surface area contributed by atoms with Crippen molar-refractivity contribution in [2.75, 3.05) is 5.73 Å². The first-order chi connectivity index (χ1) is 9.97. The lowest BCUT2D eigenvalue weighted by molar-refractivity contribution is 0.0698. The standard InChI is InChI=1S/C13H8Cl2N4O2/c14-9-3-1-2-7(10(9)15)6-4-8(12(20)21)11-17-13(16)18-19(11)5-6/h1-5H,(H2,16,18)(H,20,21). The van der Waals surface area contributed by atoms with E-state index in [0.29, 0.717) is 21.2 Å². The second-order valence-electron chi connectivity index (χ2n) is 4.29. The molecule has 0 aliphatic rings. The van der Waals surface area contributed by atoms with Crippen LogP contribution in [0.2, 0.25) is 10.0 Å². The maximum absolute atomic E-state index is 11.4. The van der Waals surface area contributed by atoms with Crippen LogP contribution in [0.5, 0.6) is 0 Å². The van der Waals surface area contributed by atoms with Gasteiger partial charge in [-0.15, -0.1) is 5.10 Å². The van der Waals surface area contributed by atoms with Crippen LogP contribution in [0, 0.1) is 0 Å². The number of aromatic nitrogens is 3. The number of carbonyl (C=O) groups is 1. The average Bonchev–Trinajstić information content (AvgIpc) is 2.80. The molecule has 106 valence electrons. The van der Waals surface area contributed by atoms with Crippen molar-refractivity contribution < 1.29 is 9.90 Å². The van der Waals surface area contributed by atoms with E-state index in [2.05, 4.69) is 10.1 Å². The number of hydrogen-bond acceptors (Lipinski definition) is 4. The molecule has 0 fully saturated rings. The number of aromatic carboxylic acids is 1. The van der Waals surface area contributed by atoms with Crippen LogP contribution in [-0.4, -0.2) is 25.7 Å². The van der Waals surface area contributed by atoms with E-state index in [1.165, 1.54) is 10.6 Å². The Hall–Kier alpha value is -2.31. The van der Waals surface area contributed by atoms with Gasteiger partial charge in [-0.25, -0.2) is 9.31 Å². The lowest BCUT2D eigenvalue weighted by Crippen LogP contribution is -2.02. The number of nitrogens with zero attached hydrogens (tertiary/aromatic N) is 3. The van der Waals surface area contributed by atoms with Crippen molar-refractivity contribution in [3.8, 4) is 11.1 Å². The van der Waals surface area contributed by atoms with Crippen molar-refractivity contribution in [2.24, 2.45) is 0 Å². The van der Waals surface area contributed by atoms with Gasteiger partial charge in [0.2, 0.25) is 5.95 Å². The Morgan fingerprint density at radius 1 is 1.33 bits per heavy atom.